The number of nitrogens with one attached hydrogen (secondary N) is 2. The summed E-state index contributed by atoms with van der Waals surface area (Å²) in [5.41, 5.74) is 2.87. The second-order valence-corrected chi connectivity index (χ2v) is 9.88. The quantitative estimate of drug-likeness (QED) is 0.400. The van der Waals surface area contributed by atoms with Crippen LogP contribution in [-0.4, -0.2) is 24.5 Å². The first-order valence-electron chi connectivity index (χ1n) is 9.77. The zero-order chi connectivity index (χ0) is 22.6. The standard InChI is InChI=1S/C23H20N4O3S2/c1-16-10-8-9-15-19(16)21(28)24-22-25-26-23(31-22)32(29,30)27-20(17-11-4-2-5-12-17)18-13-6-3-7-14-18/h2-15,20,27H,1H3,(H,24,25,28). The number of hydrogen-bond acceptors (Lipinski definition) is 6. The van der Waals surface area contributed by atoms with Gasteiger partial charge in [-0.15, -0.1) is 10.2 Å². The molecule has 0 aliphatic rings. The SMILES string of the molecule is Cc1ccccc1C(=O)Nc1nnc(S(=O)(=O)NC(c2ccccc2)c2ccccc2)s1. The molecule has 0 aliphatic carbocycles. The molecule has 1 heterocycles. The van der Waals surface area contributed by atoms with E-state index in [1.165, 1.54) is 0 Å². The highest BCUT2D eigenvalue weighted by Crippen LogP contribution is 2.27. The van der Waals surface area contributed by atoms with E-state index in [0.717, 1.165) is 28.0 Å². The zero-order valence-corrected chi connectivity index (χ0v) is 18.7. The third-order valence-electron chi connectivity index (χ3n) is 4.79. The highest BCUT2D eigenvalue weighted by molar-refractivity contribution is 7.91. The summed E-state index contributed by atoms with van der Waals surface area (Å²) < 4.78 is 28.7. The van der Waals surface area contributed by atoms with Gasteiger partial charge in [0.15, 0.2) is 0 Å². The van der Waals surface area contributed by atoms with Crippen LogP contribution in [0.1, 0.15) is 33.1 Å². The highest BCUT2D eigenvalue weighted by atomic mass is 32.2. The number of hydrogen-bond donors (Lipinski definition) is 2. The Labute approximate surface area is 190 Å². The van der Waals surface area contributed by atoms with E-state index >= 15 is 0 Å². The van der Waals surface area contributed by atoms with Crippen LogP contribution in [0.3, 0.4) is 0 Å². The number of aryl methyl sites for hydroxylation is 1. The Morgan fingerprint density at radius 3 is 2.00 bits per heavy atom. The van der Waals surface area contributed by atoms with E-state index in [9.17, 15) is 13.2 Å². The molecule has 0 aliphatic heterocycles. The Morgan fingerprint density at radius 1 is 0.844 bits per heavy atom. The van der Waals surface area contributed by atoms with Crippen LogP contribution < -0.4 is 10.0 Å². The number of amides is 1. The van der Waals surface area contributed by atoms with Crippen LogP contribution >= 0.6 is 11.3 Å². The summed E-state index contributed by atoms with van der Waals surface area (Å²) in [6, 6.07) is 25.1. The fourth-order valence-corrected chi connectivity index (χ4v) is 5.31. The molecule has 0 atom stereocenters. The summed E-state index contributed by atoms with van der Waals surface area (Å²) in [5.74, 6) is -0.373. The Balaban J connectivity index is 1.57. The number of carbonyl (C=O) groups excluding carboxylic acids is 1. The molecular formula is C23H20N4O3S2. The lowest BCUT2D eigenvalue weighted by atomic mass is 10.00. The van der Waals surface area contributed by atoms with Crippen molar-refractivity contribution in [3.63, 3.8) is 0 Å². The number of nitrogens with zero attached hydrogens (tertiary/aromatic N) is 2. The Bertz CT molecular complexity index is 1280. The predicted octanol–water partition coefficient (Wildman–Crippen LogP) is 4.17. The Hall–Kier alpha value is -3.40. The predicted molar refractivity (Wildman–Crippen MR) is 124 cm³/mol. The fraction of sp³-hybridized carbons (Fsp3) is 0.0870. The van der Waals surface area contributed by atoms with Crippen LogP contribution in [0.4, 0.5) is 5.13 Å². The molecule has 0 saturated heterocycles. The van der Waals surface area contributed by atoms with Gasteiger partial charge in [-0.25, -0.2) is 8.42 Å². The normalized spacial score (nSPS) is 11.4. The molecule has 2 N–H and O–H groups in total. The zero-order valence-electron chi connectivity index (χ0n) is 17.1. The van der Waals surface area contributed by atoms with Crippen molar-refractivity contribution in [3.05, 3.63) is 107 Å². The van der Waals surface area contributed by atoms with Crippen LogP contribution in [-0.2, 0) is 10.0 Å². The topological polar surface area (TPSA) is 101 Å². The number of aromatic nitrogens is 2. The Kier molecular flexibility index (Phi) is 6.40. The lowest BCUT2D eigenvalue weighted by Crippen LogP contribution is -2.29. The molecule has 1 amide bonds. The molecule has 0 saturated carbocycles. The minimum absolute atomic E-state index is 0.106. The smallest absolute Gasteiger partial charge is 0.270 e. The van der Waals surface area contributed by atoms with Crippen molar-refractivity contribution in [2.45, 2.75) is 17.3 Å². The van der Waals surface area contributed by atoms with Crippen molar-refractivity contribution in [2.24, 2.45) is 0 Å². The van der Waals surface area contributed by atoms with Gasteiger partial charge in [0.25, 0.3) is 15.9 Å². The molecule has 4 aromatic rings. The molecule has 0 unspecified atom stereocenters. The molecule has 162 valence electrons. The maximum atomic E-state index is 13.1. The van der Waals surface area contributed by atoms with Gasteiger partial charge in [-0.1, -0.05) is 90.2 Å². The van der Waals surface area contributed by atoms with E-state index in [4.69, 9.17) is 0 Å². The van der Waals surface area contributed by atoms with Crippen LogP contribution in [0, 0.1) is 6.92 Å². The van der Waals surface area contributed by atoms with Crippen LogP contribution in [0.25, 0.3) is 0 Å². The first-order valence-corrected chi connectivity index (χ1v) is 12.1. The second-order valence-electron chi connectivity index (χ2n) is 7.02. The molecule has 1 aromatic heterocycles. The molecule has 7 nitrogen and oxygen atoms in total. The minimum atomic E-state index is -4.00. The minimum Gasteiger partial charge on any atom is -0.296 e. The highest BCUT2D eigenvalue weighted by Gasteiger charge is 2.26. The van der Waals surface area contributed by atoms with E-state index in [0.29, 0.717) is 5.56 Å². The maximum Gasteiger partial charge on any atom is 0.270 e. The number of rotatable bonds is 7. The average Bonchev–Trinajstić information content (AvgIpc) is 3.28. The van der Waals surface area contributed by atoms with Gasteiger partial charge in [-0.05, 0) is 29.7 Å². The second kappa shape index (κ2) is 9.39. The first kappa shape index (κ1) is 21.8. The van der Waals surface area contributed by atoms with E-state index in [1.807, 2.05) is 79.7 Å². The molecule has 4 rings (SSSR count). The molecule has 9 heteroatoms. The van der Waals surface area contributed by atoms with Gasteiger partial charge in [0.2, 0.25) is 9.47 Å². The third kappa shape index (κ3) is 4.91. The molecule has 0 radical (unpaired) electrons. The number of sulfonamides is 1. The number of anilines is 1. The molecule has 3 aromatic carbocycles. The fourth-order valence-electron chi connectivity index (χ4n) is 3.19. The summed E-state index contributed by atoms with van der Waals surface area (Å²) >= 11 is 0.796. The van der Waals surface area contributed by atoms with E-state index in [2.05, 4.69) is 20.2 Å². The van der Waals surface area contributed by atoms with E-state index in [-0.39, 0.29) is 15.4 Å². The lowest BCUT2D eigenvalue weighted by molar-refractivity contribution is 0.102. The van der Waals surface area contributed by atoms with E-state index in [1.54, 1.807) is 12.1 Å². The maximum absolute atomic E-state index is 13.1. The van der Waals surface area contributed by atoms with Gasteiger partial charge in [0, 0.05) is 5.56 Å². The molecule has 0 fully saturated rings. The summed E-state index contributed by atoms with van der Waals surface area (Å²) in [7, 11) is -4.00. The lowest BCUT2D eigenvalue weighted by Gasteiger charge is -2.18. The Morgan fingerprint density at radius 2 is 1.41 bits per heavy atom. The summed E-state index contributed by atoms with van der Waals surface area (Å²) in [4.78, 5) is 12.5. The van der Waals surface area contributed by atoms with Gasteiger partial charge < -0.3 is 0 Å². The summed E-state index contributed by atoms with van der Waals surface area (Å²) in [6.45, 7) is 1.82. The summed E-state index contributed by atoms with van der Waals surface area (Å²) in [6.07, 6.45) is 0. The van der Waals surface area contributed by atoms with Crippen molar-refractivity contribution >= 4 is 32.4 Å². The van der Waals surface area contributed by atoms with Crippen molar-refractivity contribution in [1.29, 1.82) is 0 Å². The number of carbonyl (C=O) groups is 1. The van der Waals surface area contributed by atoms with Crippen molar-refractivity contribution in [1.82, 2.24) is 14.9 Å². The molecule has 0 spiro atoms. The van der Waals surface area contributed by atoms with E-state index < -0.39 is 16.1 Å². The number of benzene rings is 3. The van der Waals surface area contributed by atoms with Gasteiger partial charge in [-0.3, -0.25) is 10.1 Å². The van der Waals surface area contributed by atoms with Crippen molar-refractivity contribution in [3.8, 4) is 0 Å². The first-order chi connectivity index (χ1) is 15.4. The summed E-state index contributed by atoms with van der Waals surface area (Å²) in [5, 5.41) is 10.4. The third-order valence-corrected chi connectivity index (χ3v) is 7.41. The van der Waals surface area contributed by atoms with Crippen molar-refractivity contribution in [2.75, 3.05) is 5.32 Å². The van der Waals surface area contributed by atoms with Gasteiger partial charge in [-0.2, -0.15) is 4.72 Å². The van der Waals surface area contributed by atoms with Crippen LogP contribution in [0.15, 0.2) is 89.3 Å². The van der Waals surface area contributed by atoms with Crippen molar-refractivity contribution < 1.29 is 13.2 Å². The van der Waals surface area contributed by atoms with Crippen LogP contribution in [0.5, 0.6) is 0 Å². The van der Waals surface area contributed by atoms with Gasteiger partial charge >= 0.3 is 0 Å². The monoisotopic (exact) mass is 464 g/mol. The molecule has 0 bridgehead atoms. The van der Waals surface area contributed by atoms with Gasteiger partial charge in [0.1, 0.15) is 0 Å². The average molecular weight is 465 g/mol. The van der Waals surface area contributed by atoms with Crippen LogP contribution in [0.2, 0.25) is 0 Å². The largest absolute Gasteiger partial charge is 0.296 e. The molecular weight excluding hydrogens is 444 g/mol. The van der Waals surface area contributed by atoms with Gasteiger partial charge in [0.05, 0.1) is 6.04 Å². The molecule has 32 heavy (non-hydrogen) atoms.